The molecule has 6 heteroatoms. The minimum atomic E-state index is -0.152. The van der Waals surface area contributed by atoms with Crippen molar-refractivity contribution in [1.82, 2.24) is 15.5 Å². The van der Waals surface area contributed by atoms with Crippen LogP contribution >= 0.6 is 0 Å². The molecule has 19 heavy (non-hydrogen) atoms. The Kier molecular flexibility index (Phi) is 6.95. The molecule has 1 aliphatic heterocycles. The molecule has 0 bridgehead atoms. The largest absolute Gasteiger partial charge is 0.370 e. The molecule has 108 valence electrons. The normalized spacial score (nSPS) is 20.3. The SMILES string of the molecule is C=CCNC(=O)CN=C(N)NCC1CCCN1CC. The van der Waals surface area contributed by atoms with Crippen molar-refractivity contribution < 1.29 is 4.79 Å². The van der Waals surface area contributed by atoms with Gasteiger partial charge in [0.25, 0.3) is 0 Å². The average molecular weight is 267 g/mol. The molecule has 0 aromatic carbocycles. The Balaban J connectivity index is 2.24. The fourth-order valence-corrected chi connectivity index (χ4v) is 2.22. The lowest BCUT2D eigenvalue weighted by Crippen LogP contribution is -2.43. The van der Waals surface area contributed by atoms with Crippen LogP contribution < -0.4 is 16.4 Å². The molecule has 1 atom stereocenters. The van der Waals surface area contributed by atoms with Gasteiger partial charge in [0.2, 0.25) is 5.91 Å². The summed E-state index contributed by atoms with van der Waals surface area (Å²) < 4.78 is 0. The van der Waals surface area contributed by atoms with Crippen LogP contribution in [0.4, 0.5) is 0 Å². The minimum absolute atomic E-state index is 0.0504. The molecule has 0 saturated carbocycles. The minimum Gasteiger partial charge on any atom is -0.370 e. The Morgan fingerprint density at radius 1 is 1.58 bits per heavy atom. The second kappa shape index (κ2) is 8.53. The van der Waals surface area contributed by atoms with Crippen LogP contribution in [0.25, 0.3) is 0 Å². The second-order valence-electron chi connectivity index (χ2n) is 4.60. The van der Waals surface area contributed by atoms with Gasteiger partial charge < -0.3 is 16.4 Å². The van der Waals surface area contributed by atoms with E-state index in [2.05, 4.69) is 34.0 Å². The van der Waals surface area contributed by atoms with Gasteiger partial charge >= 0.3 is 0 Å². The summed E-state index contributed by atoms with van der Waals surface area (Å²) in [6.45, 7) is 9.20. The highest BCUT2D eigenvalue weighted by Gasteiger charge is 2.22. The number of nitrogens with one attached hydrogen (secondary N) is 2. The Bertz CT molecular complexity index is 329. The average Bonchev–Trinajstić information content (AvgIpc) is 2.87. The van der Waals surface area contributed by atoms with Crippen LogP contribution in [-0.2, 0) is 4.79 Å². The van der Waals surface area contributed by atoms with Crippen LogP contribution in [0, 0.1) is 0 Å². The maximum atomic E-state index is 11.3. The van der Waals surface area contributed by atoms with E-state index >= 15 is 0 Å². The number of likely N-dealkylation sites (N-methyl/N-ethyl adjacent to an activating group) is 1. The van der Waals surface area contributed by atoms with Gasteiger partial charge in [-0.2, -0.15) is 0 Å². The number of likely N-dealkylation sites (tertiary alicyclic amines) is 1. The molecule has 1 amide bonds. The molecule has 1 heterocycles. The molecule has 1 aliphatic rings. The van der Waals surface area contributed by atoms with Crippen molar-refractivity contribution >= 4 is 11.9 Å². The summed E-state index contributed by atoms with van der Waals surface area (Å²) >= 11 is 0. The van der Waals surface area contributed by atoms with E-state index in [1.807, 2.05) is 0 Å². The maximum absolute atomic E-state index is 11.3. The Hall–Kier alpha value is -1.56. The van der Waals surface area contributed by atoms with Crippen molar-refractivity contribution in [2.24, 2.45) is 10.7 Å². The monoisotopic (exact) mass is 267 g/mol. The van der Waals surface area contributed by atoms with Gasteiger partial charge in [-0.15, -0.1) is 6.58 Å². The number of guanidine groups is 1. The van der Waals surface area contributed by atoms with Gasteiger partial charge in [-0.05, 0) is 25.9 Å². The number of hydrogen-bond acceptors (Lipinski definition) is 3. The van der Waals surface area contributed by atoms with Crippen molar-refractivity contribution in [2.45, 2.75) is 25.8 Å². The zero-order valence-electron chi connectivity index (χ0n) is 11.7. The van der Waals surface area contributed by atoms with Gasteiger partial charge in [-0.3, -0.25) is 9.69 Å². The third-order valence-electron chi connectivity index (χ3n) is 3.26. The standard InChI is InChI=1S/C13H25N5O/c1-3-7-15-12(19)10-17-13(14)16-9-11-6-5-8-18(11)4-2/h3,11H,1,4-10H2,2H3,(H,15,19)(H3,14,16,17). The number of carbonyl (C=O) groups excluding carboxylic acids is 1. The highest BCUT2D eigenvalue weighted by atomic mass is 16.1. The van der Waals surface area contributed by atoms with Crippen LogP contribution in [0.1, 0.15) is 19.8 Å². The van der Waals surface area contributed by atoms with Gasteiger partial charge in [-0.1, -0.05) is 13.0 Å². The van der Waals surface area contributed by atoms with Crippen molar-refractivity contribution in [2.75, 3.05) is 32.7 Å². The summed E-state index contributed by atoms with van der Waals surface area (Å²) in [5.41, 5.74) is 5.74. The van der Waals surface area contributed by atoms with Crippen LogP contribution in [0.15, 0.2) is 17.6 Å². The fraction of sp³-hybridized carbons (Fsp3) is 0.692. The lowest BCUT2D eigenvalue weighted by Gasteiger charge is -2.23. The molecule has 1 fully saturated rings. The van der Waals surface area contributed by atoms with Gasteiger partial charge in [0.1, 0.15) is 6.54 Å². The van der Waals surface area contributed by atoms with Crippen LogP contribution in [0.5, 0.6) is 0 Å². The van der Waals surface area contributed by atoms with E-state index < -0.39 is 0 Å². The third-order valence-corrected chi connectivity index (χ3v) is 3.26. The first kappa shape index (κ1) is 15.5. The molecule has 0 aromatic rings. The molecule has 6 nitrogen and oxygen atoms in total. The summed E-state index contributed by atoms with van der Waals surface area (Å²) in [6, 6.07) is 0.522. The molecule has 1 rings (SSSR count). The summed E-state index contributed by atoms with van der Waals surface area (Å²) in [6.07, 6.45) is 4.05. The Morgan fingerprint density at radius 3 is 3.05 bits per heavy atom. The summed E-state index contributed by atoms with van der Waals surface area (Å²) in [4.78, 5) is 17.7. The molecule has 4 N–H and O–H groups in total. The highest BCUT2D eigenvalue weighted by Crippen LogP contribution is 2.15. The number of nitrogens with two attached hydrogens (primary N) is 1. The van der Waals surface area contributed by atoms with E-state index in [1.165, 1.54) is 12.8 Å². The zero-order chi connectivity index (χ0) is 14.1. The Morgan fingerprint density at radius 2 is 2.37 bits per heavy atom. The summed E-state index contributed by atoms with van der Waals surface area (Å²) in [7, 11) is 0. The van der Waals surface area contributed by atoms with Crippen molar-refractivity contribution in [3.05, 3.63) is 12.7 Å². The van der Waals surface area contributed by atoms with E-state index in [9.17, 15) is 4.79 Å². The van der Waals surface area contributed by atoms with E-state index in [4.69, 9.17) is 5.73 Å². The Labute approximate surface area is 115 Å². The molecule has 0 spiro atoms. The number of hydrogen-bond donors (Lipinski definition) is 3. The van der Waals surface area contributed by atoms with Gasteiger partial charge in [0.15, 0.2) is 5.96 Å². The molecule has 0 aromatic heterocycles. The smallest absolute Gasteiger partial charge is 0.242 e. The fourth-order valence-electron chi connectivity index (χ4n) is 2.22. The zero-order valence-corrected chi connectivity index (χ0v) is 11.7. The van der Waals surface area contributed by atoms with E-state index in [-0.39, 0.29) is 12.5 Å². The molecule has 1 unspecified atom stereocenters. The lowest BCUT2D eigenvalue weighted by atomic mass is 10.2. The van der Waals surface area contributed by atoms with E-state index in [0.717, 1.165) is 19.6 Å². The maximum Gasteiger partial charge on any atom is 0.242 e. The molecular formula is C13H25N5O. The van der Waals surface area contributed by atoms with Crippen molar-refractivity contribution in [3.63, 3.8) is 0 Å². The number of nitrogens with zero attached hydrogens (tertiary/aromatic N) is 2. The van der Waals surface area contributed by atoms with Crippen LogP contribution in [-0.4, -0.2) is 55.5 Å². The molecule has 0 radical (unpaired) electrons. The van der Waals surface area contributed by atoms with Crippen molar-refractivity contribution in [3.8, 4) is 0 Å². The first-order chi connectivity index (χ1) is 9.17. The van der Waals surface area contributed by atoms with Crippen LogP contribution in [0.3, 0.4) is 0 Å². The number of rotatable bonds is 7. The topological polar surface area (TPSA) is 82.8 Å². The summed E-state index contributed by atoms with van der Waals surface area (Å²) in [5.74, 6) is 0.178. The van der Waals surface area contributed by atoms with E-state index in [1.54, 1.807) is 6.08 Å². The highest BCUT2D eigenvalue weighted by molar-refractivity contribution is 5.83. The van der Waals surface area contributed by atoms with Gasteiger partial charge in [0.05, 0.1) is 0 Å². The first-order valence-electron chi connectivity index (χ1n) is 6.82. The van der Waals surface area contributed by atoms with E-state index in [0.29, 0.717) is 18.5 Å². The summed E-state index contributed by atoms with van der Waals surface area (Å²) in [5, 5.41) is 5.73. The number of amides is 1. The second-order valence-corrected chi connectivity index (χ2v) is 4.60. The van der Waals surface area contributed by atoms with Gasteiger partial charge in [-0.25, -0.2) is 4.99 Å². The predicted molar refractivity (Wildman–Crippen MR) is 78.0 cm³/mol. The lowest BCUT2D eigenvalue weighted by molar-refractivity contribution is -0.119. The third kappa shape index (κ3) is 5.74. The van der Waals surface area contributed by atoms with Crippen molar-refractivity contribution in [1.29, 1.82) is 0 Å². The predicted octanol–water partition coefficient (Wildman–Crippen LogP) is -0.323. The molecule has 1 saturated heterocycles. The first-order valence-corrected chi connectivity index (χ1v) is 6.82. The quantitative estimate of drug-likeness (QED) is 0.335. The van der Waals surface area contributed by atoms with Gasteiger partial charge in [0, 0.05) is 19.1 Å². The molecule has 0 aliphatic carbocycles. The number of carbonyl (C=O) groups is 1. The van der Waals surface area contributed by atoms with Crippen LogP contribution in [0.2, 0.25) is 0 Å². The molecular weight excluding hydrogens is 242 g/mol. The number of aliphatic imine (C=N–C) groups is 1.